The molecule has 4 aromatic rings. The zero-order valence-electron chi connectivity index (χ0n) is 17.0. The highest BCUT2D eigenvalue weighted by Gasteiger charge is 2.18. The molecular formula is C24H21Cl2N3O. The summed E-state index contributed by atoms with van der Waals surface area (Å²) in [5, 5.41) is 3.82. The molecule has 0 radical (unpaired) electrons. The highest BCUT2D eigenvalue weighted by molar-refractivity contribution is 6.35. The van der Waals surface area contributed by atoms with Gasteiger partial charge in [0.15, 0.2) is 0 Å². The molecule has 152 valence electrons. The molecule has 1 N–H and O–H groups in total. The summed E-state index contributed by atoms with van der Waals surface area (Å²) in [7, 11) is 0. The van der Waals surface area contributed by atoms with Gasteiger partial charge in [-0.15, -0.1) is 0 Å². The van der Waals surface area contributed by atoms with E-state index in [1.54, 1.807) is 18.2 Å². The fourth-order valence-corrected chi connectivity index (χ4v) is 3.76. The van der Waals surface area contributed by atoms with Gasteiger partial charge in [-0.2, -0.15) is 0 Å². The van der Waals surface area contributed by atoms with E-state index >= 15 is 0 Å². The Balaban J connectivity index is 1.75. The quantitative estimate of drug-likeness (QED) is 0.400. The lowest BCUT2D eigenvalue weighted by Crippen LogP contribution is -2.16. The zero-order chi connectivity index (χ0) is 21.4. The third kappa shape index (κ3) is 4.07. The first kappa shape index (κ1) is 20.5. The minimum absolute atomic E-state index is 0.148. The summed E-state index contributed by atoms with van der Waals surface area (Å²) in [6, 6.07) is 15.2. The number of hydrogen-bond donors (Lipinski definition) is 1. The minimum Gasteiger partial charge on any atom is -0.324 e. The molecule has 2 aromatic carbocycles. The molecule has 30 heavy (non-hydrogen) atoms. The van der Waals surface area contributed by atoms with Crippen LogP contribution in [-0.4, -0.2) is 15.3 Å². The van der Waals surface area contributed by atoms with Crippen molar-refractivity contribution >= 4 is 40.4 Å². The van der Waals surface area contributed by atoms with Crippen LogP contribution < -0.4 is 5.32 Å². The van der Waals surface area contributed by atoms with Gasteiger partial charge in [-0.3, -0.25) is 4.79 Å². The highest BCUT2D eigenvalue weighted by Crippen LogP contribution is 2.29. The maximum Gasteiger partial charge on any atom is 0.230 e. The molecule has 0 aliphatic heterocycles. The van der Waals surface area contributed by atoms with Crippen molar-refractivity contribution in [3.63, 3.8) is 0 Å². The molecule has 0 saturated heterocycles. The number of amides is 1. The van der Waals surface area contributed by atoms with Crippen LogP contribution in [0.15, 0.2) is 54.7 Å². The number of aromatic nitrogens is 2. The Morgan fingerprint density at radius 1 is 1.00 bits per heavy atom. The molecule has 0 spiro atoms. The van der Waals surface area contributed by atoms with Crippen molar-refractivity contribution in [2.24, 2.45) is 0 Å². The van der Waals surface area contributed by atoms with Gasteiger partial charge >= 0.3 is 0 Å². The van der Waals surface area contributed by atoms with Gasteiger partial charge in [-0.25, -0.2) is 4.98 Å². The van der Waals surface area contributed by atoms with Gasteiger partial charge in [0.05, 0.1) is 28.5 Å². The largest absolute Gasteiger partial charge is 0.324 e. The Labute approximate surface area is 185 Å². The molecule has 2 heterocycles. The monoisotopic (exact) mass is 437 g/mol. The van der Waals surface area contributed by atoms with E-state index < -0.39 is 0 Å². The van der Waals surface area contributed by atoms with Gasteiger partial charge in [-0.05, 0) is 73.9 Å². The van der Waals surface area contributed by atoms with Crippen molar-refractivity contribution in [1.29, 1.82) is 0 Å². The number of imidazole rings is 1. The van der Waals surface area contributed by atoms with Gasteiger partial charge in [0.2, 0.25) is 5.91 Å². The molecule has 0 aliphatic carbocycles. The van der Waals surface area contributed by atoms with E-state index in [0.29, 0.717) is 15.7 Å². The Bertz CT molecular complexity index is 1280. The number of hydrogen-bond acceptors (Lipinski definition) is 2. The molecule has 0 atom stereocenters. The standard InChI is InChI=1S/C24H21Cl2N3O/c1-14-8-9-29-21(13-23(30)27-20-12-18(25)6-7-19(20)26)24(28-22(29)10-14)17-5-4-15(2)16(3)11-17/h4-12H,13H2,1-3H3,(H,27,30). The summed E-state index contributed by atoms with van der Waals surface area (Å²) >= 11 is 12.2. The first-order valence-corrected chi connectivity index (χ1v) is 10.4. The molecule has 0 unspecified atom stereocenters. The number of aryl methyl sites for hydroxylation is 3. The summed E-state index contributed by atoms with van der Waals surface area (Å²) in [5.41, 5.74) is 7.43. The van der Waals surface area contributed by atoms with Gasteiger partial charge in [-0.1, -0.05) is 35.3 Å². The van der Waals surface area contributed by atoms with E-state index in [-0.39, 0.29) is 12.3 Å². The van der Waals surface area contributed by atoms with Crippen molar-refractivity contribution in [2.75, 3.05) is 5.32 Å². The zero-order valence-corrected chi connectivity index (χ0v) is 18.5. The predicted molar refractivity (Wildman–Crippen MR) is 124 cm³/mol. The predicted octanol–water partition coefficient (Wildman–Crippen LogP) is 6.41. The van der Waals surface area contributed by atoms with E-state index in [0.717, 1.165) is 28.2 Å². The van der Waals surface area contributed by atoms with Crippen LogP contribution >= 0.6 is 23.2 Å². The van der Waals surface area contributed by atoms with Crippen LogP contribution in [0, 0.1) is 20.8 Å². The normalized spacial score (nSPS) is 11.1. The van der Waals surface area contributed by atoms with Gasteiger partial charge < -0.3 is 9.72 Å². The number of fused-ring (bicyclic) bond motifs is 1. The average Bonchev–Trinajstić information content (AvgIpc) is 3.04. The van der Waals surface area contributed by atoms with E-state index in [1.165, 1.54) is 11.1 Å². The number of nitrogens with one attached hydrogen (secondary N) is 1. The minimum atomic E-state index is -0.188. The van der Waals surface area contributed by atoms with E-state index in [2.05, 4.69) is 31.3 Å². The number of benzene rings is 2. The second kappa shape index (κ2) is 8.13. The van der Waals surface area contributed by atoms with Crippen LogP contribution in [0.4, 0.5) is 5.69 Å². The van der Waals surface area contributed by atoms with E-state index in [9.17, 15) is 4.79 Å². The second-order valence-electron chi connectivity index (χ2n) is 7.49. The lowest BCUT2D eigenvalue weighted by Gasteiger charge is -2.10. The SMILES string of the molecule is Cc1ccn2c(CC(=O)Nc3cc(Cl)ccc3Cl)c(-c3ccc(C)c(C)c3)nc2c1. The molecule has 0 bridgehead atoms. The second-order valence-corrected chi connectivity index (χ2v) is 8.33. The van der Waals surface area contributed by atoms with Crippen molar-refractivity contribution in [2.45, 2.75) is 27.2 Å². The van der Waals surface area contributed by atoms with Gasteiger partial charge in [0.25, 0.3) is 0 Å². The summed E-state index contributed by atoms with van der Waals surface area (Å²) in [5.74, 6) is -0.188. The molecule has 0 saturated carbocycles. The maximum atomic E-state index is 12.9. The fraction of sp³-hybridized carbons (Fsp3) is 0.167. The number of carbonyl (C=O) groups is 1. The number of anilines is 1. The summed E-state index contributed by atoms with van der Waals surface area (Å²) in [6.07, 6.45) is 2.10. The van der Waals surface area contributed by atoms with Crippen molar-refractivity contribution in [3.05, 3.63) is 87.2 Å². The molecular weight excluding hydrogens is 417 g/mol. The Kier molecular flexibility index (Phi) is 5.54. The third-order valence-electron chi connectivity index (χ3n) is 5.19. The number of halogens is 2. The number of nitrogens with zero attached hydrogens (tertiary/aromatic N) is 2. The lowest BCUT2D eigenvalue weighted by molar-refractivity contribution is -0.115. The smallest absolute Gasteiger partial charge is 0.230 e. The summed E-state index contributed by atoms with van der Waals surface area (Å²) in [6.45, 7) is 6.18. The van der Waals surface area contributed by atoms with Crippen LogP contribution in [-0.2, 0) is 11.2 Å². The first-order valence-electron chi connectivity index (χ1n) is 9.62. The number of rotatable bonds is 4. The fourth-order valence-electron chi connectivity index (χ4n) is 3.43. The van der Waals surface area contributed by atoms with Crippen LogP contribution in [0.1, 0.15) is 22.4 Å². The van der Waals surface area contributed by atoms with Crippen LogP contribution in [0.25, 0.3) is 16.9 Å². The van der Waals surface area contributed by atoms with Crippen LogP contribution in [0.2, 0.25) is 10.0 Å². The topological polar surface area (TPSA) is 46.4 Å². The highest BCUT2D eigenvalue weighted by atomic mass is 35.5. The molecule has 2 aromatic heterocycles. The van der Waals surface area contributed by atoms with Crippen molar-refractivity contribution in [1.82, 2.24) is 9.38 Å². The van der Waals surface area contributed by atoms with E-state index in [1.807, 2.05) is 35.7 Å². The molecule has 1 amide bonds. The summed E-state index contributed by atoms with van der Waals surface area (Å²) < 4.78 is 1.97. The molecule has 4 nitrogen and oxygen atoms in total. The van der Waals surface area contributed by atoms with Gasteiger partial charge in [0.1, 0.15) is 5.65 Å². The van der Waals surface area contributed by atoms with Crippen molar-refractivity contribution in [3.8, 4) is 11.3 Å². The molecule has 6 heteroatoms. The maximum absolute atomic E-state index is 12.9. The van der Waals surface area contributed by atoms with Crippen molar-refractivity contribution < 1.29 is 4.79 Å². The molecule has 0 fully saturated rings. The Morgan fingerprint density at radius 2 is 1.80 bits per heavy atom. The summed E-state index contributed by atoms with van der Waals surface area (Å²) in [4.78, 5) is 17.7. The van der Waals surface area contributed by atoms with Gasteiger partial charge in [0, 0.05) is 16.8 Å². The molecule has 0 aliphatic rings. The van der Waals surface area contributed by atoms with Crippen LogP contribution in [0.5, 0.6) is 0 Å². The Morgan fingerprint density at radius 3 is 2.57 bits per heavy atom. The lowest BCUT2D eigenvalue weighted by atomic mass is 10.0. The van der Waals surface area contributed by atoms with E-state index in [4.69, 9.17) is 28.2 Å². The average molecular weight is 438 g/mol. The van der Waals surface area contributed by atoms with Crippen LogP contribution in [0.3, 0.4) is 0 Å². The first-order chi connectivity index (χ1) is 14.3. The Hall–Kier alpha value is -2.82. The number of pyridine rings is 1. The number of carbonyl (C=O) groups excluding carboxylic acids is 1. The molecule has 4 rings (SSSR count). The third-order valence-corrected chi connectivity index (χ3v) is 5.76.